The molecule has 0 atom stereocenters. The van der Waals surface area contributed by atoms with Crippen molar-refractivity contribution in [3.63, 3.8) is 0 Å². The van der Waals surface area contributed by atoms with E-state index in [2.05, 4.69) is 47.3 Å². The maximum atomic E-state index is 12.4. The van der Waals surface area contributed by atoms with Crippen LogP contribution in [0.15, 0.2) is 53.2 Å². The van der Waals surface area contributed by atoms with Gasteiger partial charge in [-0.2, -0.15) is 0 Å². The van der Waals surface area contributed by atoms with E-state index in [1.807, 2.05) is 36.6 Å². The Bertz CT molecular complexity index is 1140. The molecule has 4 rings (SSSR count). The number of thiophene rings is 1. The van der Waals surface area contributed by atoms with Gasteiger partial charge in [-0.1, -0.05) is 18.2 Å². The lowest BCUT2D eigenvalue weighted by Gasteiger charge is -2.08. The second-order valence-corrected chi connectivity index (χ2v) is 9.15. The topological polar surface area (TPSA) is 46.9 Å². The molecule has 0 aliphatic heterocycles. The summed E-state index contributed by atoms with van der Waals surface area (Å²) in [4.78, 5) is 18.5. The number of aromatic nitrogens is 2. The average molecular weight is 422 g/mol. The molecule has 1 N–H and O–H groups in total. The molecule has 0 aliphatic rings. The fraction of sp³-hybridized carbons (Fsp3) is 0.217. The molecule has 0 aliphatic carbocycles. The molecule has 4 aromatic rings. The lowest BCUT2D eigenvalue weighted by Crippen LogP contribution is -2.14. The zero-order valence-electron chi connectivity index (χ0n) is 16.7. The SMILES string of the molecule is Cc1cccc(NC(=O)Cc2nc(-c3cc(C)n(Cc4cccs4)c3C)cs2)c1. The van der Waals surface area contributed by atoms with E-state index in [4.69, 9.17) is 4.98 Å². The fourth-order valence-corrected chi connectivity index (χ4v) is 4.93. The first-order chi connectivity index (χ1) is 14.0. The van der Waals surface area contributed by atoms with Crippen LogP contribution in [0.5, 0.6) is 0 Å². The molecule has 1 amide bonds. The van der Waals surface area contributed by atoms with Gasteiger partial charge < -0.3 is 9.88 Å². The van der Waals surface area contributed by atoms with Gasteiger partial charge in [-0.15, -0.1) is 22.7 Å². The van der Waals surface area contributed by atoms with Crippen molar-refractivity contribution in [1.82, 2.24) is 9.55 Å². The van der Waals surface area contributed by atoms with Crippen LogP contribution < -0.4 is 5.32 Å². The highest BCUT2D eigenvalue weighted by Gasteiger charge is 2.15. The number of carbonyl (C=O) groups is 1. The zero-order valence-corrected chi connectivity index (χ0v) is 18.4. The Balaban J connectivity index is 1.48. The van der Waals surface area contributed by atoms with Crippen LogP contribution >= 0.6 is 22.7 Å². The molecule has 0 unspecified atom stereocenters. The maximum absolute atomic E-state index is 12.4. The molecule has 0 radical (unpaired) electrons. The van der Waals surface area contributed by atoms with Crippen LogP contribution in [0.4, 0.5) is 5.69 Å². The number of nitrogens with one attached hydrogen (secondary N) is 1. The van der Waals surface area contributed by atoms with Crippen molar-refractivity contribution in [2.24, 2.45) is 0 Å². The summed E-state index contributed by atoms with van der Waals surface area (Å²) in [7, 11) is 0. The van der Waals surface area contributed by atoms with Gasteiger partial charge in [0.05, 0.1) is 18.7 Å². The normalized spacial score (nSPS) is 11.0. The number of hydrogen-bond acceptors (Lipinski definition) is 4. The first-order valence-electron chi connectivity index (χ1n) is 9.50. The van der Waals surface area contributed by atoms with E-state index in [1.165, 1.54) is 27.6 Å². The molecule has 0 spiro atoms. The van der Waals surface area contributed by atoms with E-state index >= 15 is 0 Å². The minimum absolute atomic E-state index is 0.0420. The highest BCUT2D eigenvalue weighted by atomic mass is 32.1. The second kappa shape index (κ2) is 8.35. The molecule has 29 heavy (non-hydrogen) atoms. The highest BCUT2D eigenvalue weighted by molar-refractivity contribution is 7.10. The number of carbonyl (C=O) groups excluding carboxylic acids is 1. The third-order valence-electron chi connectivity index (χ3n) is 4.91. The van der Waals surface area contributed by atoms with Gasteiger partial charge in [-0.05, 0) is 56.0 Å². The van der Waals surface area contributed by atoms with E-state index in [-0.39, 0.29) is 12.3 Å². The summed E-state index contributed by atoms with van der Waals surface area (Å²) >= 11 is 3.31. The minimum atomic E-state index is -0.0420. The van der Waals surface area contributed by atoms with Crippen LogP contribution in [0, 0.1) is 20.8 Å². The van der Waals surface area contributed by atoms with E-state index in [0.29, 0.717) is 0 Å². The Morgan fingerprint density at radius 2 is 1.97 bits per heavy atom. The van der Waals surface area contributed by atoms with E-state index in [0.717, 1.165) is 34.1 Å². The average Bonchev–Trinajstić information content (AvgIpc) is 3.40. The number of amides is 1. The number of aryl methyl sites for hydroxylation is 2. The van der Waals surface area contributed by atoms with Gasteiger partial charge in [0, 0.05) is 32.9 Å². The smallest absolute Gasteiger partial charge is 0.231 e. The summed E-state index contributed by atoms with van der Waals surface area (Å²) in [6, 6.07) is 14.3. The molecule has 1 aromatic carbocycles. The van der Waals surface area contributed by atoms with Crippen LogP contribution in [0.3, 0.4) is 0 Å². The van der Waals surface area contributed by atoms with Crippen LogP contribution in [0.25, 0.3) is 11.3 Å². The number of thiazole rings is 1. The number of hydrogen-bond donors (Lipinski definition) is 1. The number of benzene rings is 1. The number of anilines is 1. The third kappa shape index (κ3) is 4.49. The molecule has 148 valence electrons. The molecule has 0 fully saturated rings. The van der Waals surface area contributed by atoms with Crippen molar-refractivity contribution < 1.29 is 4.79 Å². The van der Waals surface area contributed by atoms with Crippen LogP contribution in [-0.4, -0.2) is 15.5 Å². The highest BCUT2D eigenvalue weighted by Crippen LogP contribution is 2.29. The van der Waals surface area contributed by atoms with Crippen molar-refractivity contribution in [1.29, 1.82) is 0 Å². The first-order valence-corrected chi connectivity index (χ1v) is 11.3. The standard InChI is InChI=1S/C23H23N3OS2/c1-15-6-4-7-18(10-15)24-22(27)12-23-25-21(14-29-23)20-11-16(2)26(17(20)3)13-19-8-5-9-28-19/h4-11,14H,12-13H2,1-3H3,(H,24,27). The molecule has 3 aromatic heterocycles. The molecule has 0 bridgehead atoms. The zero-order chi connectivity index (χ0) is 20.4. The molecular weight excluding hydrogens is 398 g/mol. The molecule has 6 heteroatoms. The van der Waals surface area contributed by atoms with Gasteiger partial charge in [0.25, 0.3) is 0 Å². The Morgan fingerprint density at radius 1 is 1.10 bits per heavy atom. The Morgan fingerprint density at radius 3 is 2.72 bits per heavy atom. The maximum Gasteiger partial charge on any atom is 0.231 e. The summed E-state index contributed by atoms with van der Waals surface area (Å²) < 4.78 is 2.32. The third-order valence-corrected chi connectivity index (χ3v) is 6.62. The fourth-order valence-electron chi connectivity index (χ4n) is 3.44. The Labute approximate surface area is 178 Å². The number of nitrogens with zero attached hydrogens (tertiary/aromatic N) is 2. The van der Waals surface area contributed by atoms with Gasteiger partial charge in [-0.25, -0.2) is 4.98 Å². The molecule has 0 saturated carbocycles. The monoisotopic (exact) mass is 421 g/mol. The Kier molecular flexibility index (Phi) is 5.65. The summed E-state index contributed by atoms with van der Waals surface area (Å²) in [6.07, 6.45) is 0.284. The Hall–Kier alpha value is -2.70. The van der Waals surface area contributed by atoms with Crippen LogP contribution in [-0.2, 0) is 17.8 Å². The second-order valence-electron chi connectivity index (χ2n) is 7.17. The summed E-state index contributed by atoms with van der Waals surface area (Å²) in [6.45, 7) is 7.16. The van der Waals surface area contributed by atoms with Crippen molar-refractivity contribution in [3.05, 3.63) is 80.1 Å². The van der Waals surface area contributed by atoms with Crippen molar-refractivity contribution in [2.45, 2.75) is 33.7 Å². The first kappa shape index (κ1) is 19.6. The van der Waals surface area contributed by atoms with Crippen molar-refractivity contribution >= 4 is 34.3 Å². The lowest BCUT2D eigenvalue weighted by molar-refractivity contribution is -0.115. The van der Waals surface area contributed by atoms with Gasteiger partial charge in [-0.3, -0.25) is 4.79 Å². The van der Waals surface area contributed by atoms with Crippen LogP contribution in [0.1, 0.15) is 26.8 Å². The quantitative estimate of drug-likeness (QED) is 0.426. The van der Waals surface area contributed by atoms with E-state index in [9.17, 15) is 4.79 Å². The van der Waals surface area contributed by atoms with E-state index < -0.39 is 0 Å². The minimum Gasteiger partial charge on any atom is -0.343 e. The van der Waals surface area contributed by atoms with E-state index in [1.54, 1.807) is 11.3 Å². The lowest BCUT2D eigenvalue weighted by atomic mass is 10.2. The summed E-state index contributed by atoms with van der Waals surface area (Å²) in [5.74, 6) is -0.0420. The van der Waals surface area contributed by atoms with Gasteiger partial charge in [0.2, 0.25) is 5.91 Å². The summed E-state index contributed by atoms with van der Waals surface area (Å²) in [5.41, 5.74) is 6.45. The largest absolute Gasteiger partial charge is 0.343 e. The van der Waals surface area contributed by atoms with Crippen molar-refractivity contribution in [2.75, 3.05) is 5.32 Å². The number of rotatable bonds is 6. The molecular formula is C23H23N3OS2. The van der Waals surface area contributed by atoms with Gasteiger partial charge >= 0.3 is 0 Å². The molecule has 4 nitrogen and oxygen atoms in total. The summed E-state index contributed by atoms with van der Waals surface area (Å²) in [5, 5.41) is 7.94. The predicted molar refractivity (Wildman–Crippen MR) is 122 cm³/mol. The van der Waals surface area contributed by atoms with Crippen LogP contribution in [0.2, 0.25) is 0 Å². The van der Waals surface area contributed by atoms with Crippen molar-refractivity contribution in [3.8, 4) is 11.3 Å². The molecule has 3 heterocycles. The molecule has 0 saturated heterocycles. The van der Waals surface area contributed by atoms with Gasteiger partial charge in [0.15, 0.2) is 0 Å². The predicted octanol–water partition coefficient (Wildman–Crippen LogP) is 5.83. The van der Waals surface area contributed by atoms with Gasteiger partial charge in [0.1, 0.15) is 5.01 Å².